The number of benzene rings is 1. The molecule has 41 heavy (non-hydrogen) atoms. The molecule has 3 aromatic rings. The van der Waals surface area contributed by atoms with Crippen LogP contribution in [0.2, 0.25) is 0 Å². The van der Waals surface area contributed by atoms with Gasteiger partial charge in [-0.05, 0) is 52.2 Å². The average molecular weight is 594 g/mol. The van der Waals surface area contributed by atoms with Crippen LogP contribution in [0.15, 0.2) is 36.7 Å². The lowest BCUT2D eigenvalue weighted by Gasteiger charge is -2.39. The van der Waals surface area contributed by atoms with Crippen LogP contribution in [-0.4, -0.2) is 71.8 Å². The van der Waals surface area contributed by atoms with Crippen LogP contribution in [-0.2, 0) is 18.6 Å². The number of aliphatic hydroxyl groups excluding tert-OH is 1. The first kappa shape index (κ1) is 29.1. The molecular weight excluding hydrogens is 560 g/mol. The fraction of sp³-hybridized carbons (Fsp3) is 0.520. The predicted octanol–water partition coefficient (Wildman–Crippen LogP) is 3.02. The van der Waals surface area contributed by atoms with E-state index >= 15 is 4.39 Å². The van der Waals surface area contributed by atoms with Crippen molar-refractivity contribution in [1.29, 1.82) is 0 Å². The van der Waals surface area contributed by atoms with E-state index in [1.165, 1.54) is 30.0 Å². The Morgan fingerprint density at radius 1 is 1.32 bits per heavy atom. The van der Waals surface area contributed by atoms with Gasteiger partial charge < -0.3 is 30.5 Å². The van der Waals surface area contributed by atoms with Crippen molar-refractivity contribution in [2.75, 3.05) is 17.7 Å². The fourth-order valence-corrected chi connectivity index (χ4v) is 6.34. The summed E-state index contributed by atoms with van der Waals surface area (Å²) in [5, 5.41) is 25.9. The van der Waals surface area contributed by atoms with E-state index in [0.717, 1.165) is 26.2 Å². The van der Waals surface area contributed by atoms with E-state index in [4.69, 9.17) is 19.5 Å². The Bertz CT molecular complexity index is 1470. The predicted molar refractivity (Wildman–Crippen MR) is 146 cm³/mol. The normalized spacial score (nSPS) is 27.6. The minimum absolute atomic E-state index is 0.0544. The molecule has 0 bridgehead atoms. The van der Waals surface area contributed by atoms with Gasteiger partial charge in [0.2, 0.25) is 5.95 Å². The number of para-hydroxylation sites is 1. The van der Waals surface area contributed by atoms with Gasteiger partial charge in [-0.3, -0.25) is 13.9 Å². The van der Waals surface area contributed by atoms with Gasteiger partial charge in [0.25, 0.3) is 0 Å². The van der Waals surface area contributed by atoms with Gasteiger partial charge in [0.15, 0.2) is 28.9 Å². The number of nitrogens with zero attached hydrogens (tertiary/aromatic N) is 4. The number of halogens is 1. The maximum atomic E-state index is 16.1. The Morgan fingerprint density at radius 2 is 2.02 bits per heavy atom. The standard InChI is InChI=1S/C25H33FN7O7P/c1-14(21(35)36)32-41(37,40-15-8-5-4-6-9-15)38-12-16-18(34)25(3,26)22(39-16)33-13-28-17-19(29-23(27)30-20(17)33)31-24(2)10-7-11-24/h4-6,8-9,13-14,16,18,22,34H,7,10-12H2,1-3H3,(H,32,37)(H,35,36)(H3,27,29,30,31)/t14-,16+,18+,22+,25+,41?/m0/s1. The highest BCUT2D eigenvalue weighted by Crippen LogP contribution is 2.48. The Kier molecular flexibility index (Phi) is 7.68. The molecule has 1 unspecified atom stereocenters. The van der Waals surface area contributed by atoms with E-state index in [2.05, 4.69) is 32.3 Å². The third-order valence-corrected chi connectivity index (χ3v) is 9.03. The molecule has 2 aliphatic rings. The number of imidazole rings is 1. The van der Waals surface area contributed by atoms with Crippen molar-refractivity contribution in [2.45, 2.75) is 75.7 Å². The Labute approximate surface area is 235 Å². The lowest BCUT2D eigenvalue weighted by atomic mass is 9.78. The molecule has 6 atom stereocenters. The van der Waals surface area contributed by atoms with Gasteiger partial charge >= 0.3 is 13.7 Å². The molecule has 5 rings (SSSR count). The zero-order valence-electron chi connectivity index (χ0n) is 22.7. The molecular formula is C25H33FN7O7P. The summed E-state index contributed by atoms with van der Waals surface area (Å²) in [6, 6.07) is 6.66. The third kappa shape index (κ3) is 5.86. The van der Waals surface area contributed by atoms with E-state index in [1.54, 1.807) is 18.2 Å². The summed E-state index contributed by atoms with van der Waals surface area (Å²) in [5.41, 5.74) is 3.98. The Balaban J connectivity index is 1.38. The number of nitrogen functional groups attached to an aromatic ring is 1. The average Bonchev–Trinajstić information content (AvgIpc) is 3.40. The molecule has 6 N–H and O–H groups in total. The number of fused-ring (bicyclic) bond motifs is 1. The molecule has 2 aromatic heterocycles. The topological polar surface area (TPSA) is 196 Å². The molecule has 1 saturated heterocycles. The molecule has 1 aliphatic carbocycles. The van der Waals surface area contributed by atoms with Crippen molar-refractivity contribution >= 4 is 36.6 Å². The Morgan fingerprint density at radius 3 is 2.66 bits per heavy atom. The van der Waals surface area contributed by atoms with Gasteiger partial charge in [-0.1, -0.05) is 18.2 Å². The summed E-state index contributed by atoms with van der Waals surface area (Å²) >= 11 is 0. The number of aliphatic hydroxyl groups is 1. The van der Waals surface area contributed by atoms with Gasteiger partial charge in [0.1, 0.15) is 24.0 Å². The highest BCUT2D eigenvalue weighted by Gasteiger charge is 2.56. The quantitative estimate of drug-likeness (QED) is 0.204. The second kappa shape index (κ2) is 10.8. The number of anilines is 2. The molecule has 3 heterocycles. The van der Waals surface area contributed by atoms with Crippen molar-refractivity contribution < 1.29 is 37.7 Å². The van der Waals surface area contributed by atoms with Crippen LogP contribution >= 0.6 is 7.75 Å². The molecule has 14 nitrogen and oxygen atoms in total. The molecule has 1 saturated carbocycles. The van der Waals surface area contributed by atoms with Crippen LogP contribution in [0.1, 0.15) is 46.3 Å². The molecule has 2 fully saturated rings. The number of aliphatic carboxylic acids is 1. The van der Waals surface area contributed by atoms with Crippen molar-refractivity contribution in [3.8, 4) is 5.75 Å². The summed E-state index contributed by atoms with van der Waals surface area (Å²) in [4.78, 5) is 24.3. The lowest BCUT2D eigenvalue weighted by molar-refractivity contribution is -0.138. The smallest absolute Gasteiger partial charge is 0.459 e. The summed E-state index contributed by atoms with van der Waals surface area (Å²) < 4.78 is 47.8. The van der Waals surface area contributed by atoms with Crippen molar-refractivity contribution in [2.24, 2.45) is 0 Å². The van der Waals surface area contributed by atoms with Crippen LogP contribution in [0.3, 0.4) is 0 Å². The van der Waals surface area contributed by atoms with Crippen LogP contribution in [0, 0.1) is 0 Å². The lowest BCUT2D eigenvalue weighted by Crippen LogP contribution is -2.42. The number of nitrogens with one attached hydrogen (secondary N) is 2. The van der Waals surface area contributed by atoms with Crippen molar-refractivity contribution in [3.05, 3.63) is 36.7 Å². The summed E-state index contributed by atoms with van der Waals surface area (Å²) in [6.45, 7) is 3.87. The maximum absolute atomic E-state index is 16.1. The number of carbonyl (C=O) groups is 1. The number of rotatable bonds is 11. The molecule has 1 aliphatic heterocycles. The zero-order chi connectivity index (χ0) is 29.6. The fourth-order valence-electron chi connectivity index (χ4n) is 4.83. The number of alkyl halides is 1. The van der Waals surface area contributed by atoms with E-state index in [9.17, 15) is 19.6 Å². The summed E-state index contributed by atoms with van der Waals surface area (Å²) in [7, 11) is -4.33. The van der Waals surface area contributed by atoms with Crippen LogP contribution in [0.25, 0.3) is 11.2 Å². The summed E-state index contributed by atoms with van der Waals surface area (Å²) in [6.07, 6.45) is -0.195. The van der Waals surface area contributed by atoms with Crippen LogP contribution < -0.4 is 20.7 Å². The van der Waals surface area contributed by atoms with E-state index in [-0.39, 0.29) is 22.9 Å². The van der Waals surface area contributed by atoms with Gasteiger partial charge in [0.05, 0.1) is 12.9 Å². The highest BCUT2D eigenvalue weighted by atomic mass is 31.2. The molecule has 222 valence electrons. The van der Waals surface area contributed by atoms with Crippen LogP contribution in [0.5, 0.6) is 5.75 Å². The second-order valence-electron chi connectivity index (χ2n) is 10.8. The SMILES string of the molecule is C[C@H](NP(=O)(OC[C@H]1O[C@@H](n2cnc3c(NC4(C)CCC4)nc(N)nc32)[C@](C)(F)[C@@H]1O)Oc1ccccc1)C(=O)O. The minimum atomic E-state index is -4.33. The maximum Gasteiger partial charge on any atom is 0.459 e. The summed E-state index contributed by atoms with van der Waals surface area (Å²) in [5.74, 6) is -0.803. The van der Waals surface area contributed by atoms with E-state index < -0.39 is 50.5 Å². The Hall–Kier alpha value is -3.36. The largest absolute Gasteiger partial charge is 0.480 e. The zero-order valence-corrected chi connectivity index (χ0v) is 23.6. The first-order valence-electron chi connectivity index (χ1n) is 13.1. The second-order valence-corrected chi connectivity index (χ2v) is 12.5. The molecule has 16 heteroatoms. The number of hydrogen-bond donors (Lipinski definition) is 5. The number of hydrogen-bond acceptors (Lipinski definition) is 11. The number of carboxylic acids is 1. The number of nitrogens with two attached hydrogens (primary N) is 1. The molecule has 1 aromatic carbocycles. The third-order valence-electron chi connectivity index (χ3n) is 7.39. The van der Waals surface area contributed by atoms with Gasteiger partial charge in [-0.2, -0.15) is 15.1 Å². The molecule has 0 spiro atoms. The minimum Gasteiger partial charge on any atom is -0.480 e. The van der Waals surface area contributed by atoms with Gasteiger partial charge in [0, 0.05) is 5.54 Å². The number of ether oxygens (including phenoxy) is 1. The molecule has 0 radical (unpaired) electrons. The van der Waals surface area contributed by atoms with Gasteiger partial charge in [-0.25, -0.2) is 13.9 Å². The molecule has 0 amide bonds. The van der Waals surface area contributed by atoms with Crippen molar-refractivity contribution in [1.82, 2.24) is 24.6 Å². The number of carboxylic acid groups (broad SMARTS) is 1. The van der Waals surface area contributed by atoms with E-state index in [1.807, 2.05) is 0 Å². The first-order chi connectivity index (χ1) is 19.3. The first-order valence-corrected chi connectivity index (χ1v) is 14.6. The number of aromatic nitrogens is 4. The highest BCUT2D eigenvalue weighted by molar-refractivity contribution is 7.52. The van der Waals surface area contributed by atoms with E-state index in [0.29, 0.717) is 11.3 Å². The van der Waals surface area contributed by atoms with Crippen molar-refractivity contribution in [3.63, 3.8) is 0 Å². The monoisotopic (exact) mass is 593 g/mol. The van der Waals surface area contributed by atoms with Crippen LogP contribution in [0.4, 0.5) is 16.2 Å². The van der Waals surface area contributed by atoms with Gasteiger partial charge in [-0.15, -0.1) is 0 Å².